The second-order valence-electron chi connectivity index (χ2n) is 2.62. The van der Waals surface area contributed by atoms with Gasteiger partial charge in [0.2, 0.25) is 0 Å². The smallest absolute Gasteiger partial charge is 0.0521 e. The van der Waals surface area contributed by atoms with Crippen molar-refractivity contribution in [3.63, 3.8) is 0 Å². The van der Waals surface area contributed by atoms with Gasteiger partial charge in [-0.3, -0.25) is 5.01 Å². The van der Waals surface area contributed by atoms with Gasteiger partial charge in [-0.05, 0) is 27.1 Å². The normalized spacial score (nSPS) is 10.0. The van der Waals surface area contributed by atoms with Crippen LogP contribution in [0, 0.1) is 4.91 Å². The summed E-state index contributed by atoms with van der Waals surface area (Å²) in [5, 5.41) is 4.16. The number of nitroso groups, excluding NO2 is 1. The molecule has 0 rings (SSSR count). The Morgan fingerprint density at radius 2 is 1.80 bits per heavy atom. The molecule has 0 aliphatic rings. The van der Waals surface area contributed by atoms with Crippen LogP contribution >= 0.6 is 0 Å². The first-order valence-corrected chi connectivity index (χ1v) is 3.36. The molecule has 10 heavy (non-hydrogen) atoms. The fourth-order valence-electron chi connectivity index (χ4n) is 0.657. The van der Waals surface area contributed by atoms with Crippen LogP contribution in [0.4, 0.5) is 0 Å². The minimum Gasteiger partial charge on any atom is -0.309 e. The molecule has 0 aliphatic carbocycles. The van der Waals surface area contributed by atoms with Crippen molar-refractivity contribution in [3.05, 3.63) is 4.91 Å². The minimum atomic E-state index is 0.738. The lowest BCUT2D eigenvalue weighted by atomic mass is 10.4. The van der Waals surface area contributed by atoms with Gasteiger partial charge in [0.1, 0.15) is 0 Å². The fourth-order valence-corrected chi connectivity index (χ4v) is 0.657. The van der Waals surface area contributed by atoms with Crippen LogP contribution in [0.15, 0.2) is 5.29 Å². The Morgan fingerprint density at radius 3 is 2.20 bits per heavy atom. The number of rotatable bonds is 5. The lowest BCUT2D eigenvalue weighted by molar-refractivity contribution is 0.309. The third-order valence-corrected chi connectivity index (χ3v) is 1.23. The van der Waals surface area contributed by atoms with E-state index >= 15 is 0 Å². The van der Waals surface area contributed by atoms with Gasteiger partial charge in [-0.15, -0.1) is 4.91 Å². The highest BCUT2D eigenvalue weighted by Crippen LogP contribution is 1.88. The number of nitrogens with zero attached hydrogens (tertiary/aromatic N) is 3. The summed E-state index contributed by atoms with van der Waals surface area (Å²) in [5.41, 5.74) is 0. The van der Waals surface area contributed by atoms with Crippen LogP contribution in [0.25, 0.3) is 0 Å². The molecule has 0 spiro atoms. The summed E-state index contributed by atoms with van der Waals surface area (Å²) in [7, 11) is 5.70. The molecule has 0 atom stereocenters. The maximum Gasteiger partial charge on any atom is 0.0521 e. The molecule has 0 saturated carbocycles. The van der Waals surface area contributed by atoms with Crippen molar-refractivity contribution in [1.29, 1.82) is 0 Å². The molecule has 0 amide bonds. The topological polar surface area (TPSA) is 35.9 Å². The van der Waals surface area contributed by atoms with Crippen LogP contribution in [0.2, 0.25) is 0 Å². The van der Waals surface area contributed by atoms with Gasteiger partial charge in [-0.2, -0.15) is 0 Å². The van der Waals surface area contributed by atoms with Crippen molar-refractivity contribution in [2.75, 3.05) is 34.2 Å². The third kappa shape index (κ3) is 5.50. The molecule has 0 unspecified atom stereocenters. The van der Waals surface area contributed by atoms with Crippen molar-refractivity contribution >= 4 is 0 Å². The van der Waals surface area contributed by atoms with Gasteiger partial charge in [0.15, 0.2) is 0 Å². The maximum absolute atomic E-state index is 9.84. The Hall–Kier alpha value is -0.640. The molecule has 4 nitrogen and oxygen atoms in total. The average molecular weight is 145 g/mol. The molecule has 0 aliphatic heterocycles. The van der Waals surface area contributed by atoms with Crippen LogP contribution in [-0.4, -0.2) is 44.1 Å². The van der Waals surface area contributed by atoms with E-state index in [1.54, 1.807) is 7.05 Å². The highest BCUT2D eigenvalue weighted by molar-refractivity contribution is 4.47. The molecule has 0 heterocycles. The van der Waals surface area contributed by atoms with E-state index in [2.05, 4.69) is 10.2 Å². The predicted octanol–water partition coefficient (Wildman–Crippen LogP) is 0.551. The van der Waals surface area contributed by atoms with Gasteiger partial charge in [0.05, 0.1) is 5.29 Å². The largest absolute Gasteiger partial charge is 0.309 e. The molecule has 0 aromatic carbocycles. The number of hydrogen-bond donors (Lipinski definition) is 0. The van der Waals surface area contributed by atoms with Crippen molar-refractivity contribution in [2.45, 2.75) is 6.42 Å². The van der Waals surface area contributed by atoms with E-state index in [1.165, 1.54) is 5.01 Å². The Balaban J connectivity index is 3.11. The van der Waals surface area contributed by atoms with Gasteiger partial charge < -0.3 is 4.90 Å². The standard InChI is InChI=1S/C6H15N3O/c1-8(2)5-4-6-9(3)7-10/h4-6H2,1-3H3. The van der Waals surface area contributed by atoms with Crippen molar-refractivity contribution in [1.82, 2.24) is 9.91 Å². The van der Waals surface area contributed by atoms with Gasteiger partial charge in [-0.1, -0.05) is 0 Å². The molecule has 0 bridgehead atoms. The summed E-state index contributed by atoms with van der Waals surface area (Å²) >= 11 is 0. The lowest BCUT2D eigenvalue weighted by Gasteiger charge is -2.11. The van der Waals surface area contributed by atoms with Crippen LogP contribution < -0.4 is 0 Å². The summed E-state index contributed by atoms with van der Waals surface area (Å²) < 4.78 is 0. The van der Waals surface area contributed by atoms with E-state index < -0.39 is 0 Å². The zero-order valence-corrected chi connectivity index (χ0v) is 6.87. The molecule has 0 radical (unpaired) electrons. The van der Waals surface area contributed by atoms with Crippen molar-refractivity contribution in [2.24, 2.45) is 5.29 Å². The second-order valence-corrected chi connectivity index (χ2v) is 2.62. The first kappa shape index (κ1) is 9.36. The highest BCUT2D eigenvalue weighted by Gasteiger charge is 1.94. The SMILES string of the molecule is CN(C)CCCN(C)N=O. The third-order valence-electron chi connectivity index (χ3n) is 1.23. The van der Waals surface area contributed by atoms with Crippen molar-refractivity contribution < 1.29 is 0 Å². The van der Waals surface area contributed by atoms with E-state index in [9.17, 15) is 4.91 Å². The quantitative estimate of drug-likeness (QED) is 0.418. The summed E-state index contributed by atoms with van der Waals surface area (Å²) in [6.07, 6.45) is 0.981. The Bertz CT molecular complexity index is 95.0. The Labute approximate surface area is 61.7 Å². The Morgan fingerprint density at radius 1 is 1.20 bits per heavy atom. The van der Waals surface area contributed by atoms with E-state index in [-0.39, 0.29) is 0 Å². The monoisotopic (exact) mass is 145 g/mol. The van der Waals surface area contributed by atoms with Gasteiger partial charge >= 0.3 is 0 Å². The Kier molecular flexibility index (Phi) is 4.84. The zero-order chi connectivity index (χ0) is 7.98. The van der Waals surface area contributed by atoms with Crippen LogP contribution in [0.5, 0.6) is 0 Å². The summed E-state index contributed by atoms with van der Waals surface area (Å²) in [4.78, 5) is 11.9. The fraction of sp³-hybridized carbons (Fsp3) is 1.00. The highest BCUT2D eigenvalue weighted by atomic mass is 16.3. The predicted molar refractivity (Wildman–Crippen MR) is 41.6 cm³/mol. The van der Waals surface area contributed by atoms with Crippen LogP contribution in [0.3, 0.4) is 0 Å². The van der Waals surface area contributed by atoms with Gasteiger partial charge in [0.25, 0.3) is 0 Å². The van der Waals surface area contributed by atoms with Crippen LogP contribution in [0.1, 0.15) is 6.42 Å². The summed E-state index contributed by atoms with van der Waals surface area (Å²) in [6.45, 7) is 1.74. The second kappa shape index (κ2) is 5.17. The van der Waals surface area contributed by atoms with E-state index in [1.807, 2.05) is 14.1 Å². The van der Waals surface area contributed by atoms with E-state index in [0.717, 1.165) is 19.5 Å². The molecule has 60 valence electrons. The van der Waals surface area contributed by atoms with Crippen molar-refractivity contribution in [3.8, 4) is 0 Å². The maximum atomic E-state index is 9.84. The summed E-state index contributed by atoms with van der Waals surface area (Å²) in [5.74, 6) is 0. The molecule has 0 aromatic rings. The van der Waals surface area contributed by atoms with E-state index in [0.29, 0.717) is 0 Å². The molecule has 0 fully saturated rings. The average Bonchev–Trinajstić information content (AvgIpc) is 1.87. The summed E-state index contributed by atoms with van der Waals surface area (Å²) in [6, 6.07) is 0. The molecular formula is C6H15N3O. The first-order valence-electron chi connectivity index (χ1n) is 3.36. The molecule has 0 aromatic heterocycles. The lowest BCUT2D eigenvalue weighted by Crippen LogP contribution is -2.19. The van der Waals surface area contributed by atoms with E-state index in [4.69, 9.17) is 0 Å². The van der Waals surface area contributed by atoms with Crippen LogP contribution in [-0.2, 0) is 0 Å². The molecule has 4 heteroatoms. The molecular weight excluding hydrogens is 130 g/mol. The zero-order valence-electron chi connectivity index (χ0n) is 6.87. The number of hydrogen-bond acceptors (Lipinski definition) is 3. The molecule has 0 N–H and O–H groups in total. The molecule has 0 saturated heterocycles. The van der Waals surface area contributed by atoms with Gasteiger partial charge in [0, 0.05) is 13.6 Å². The minimum absolute atomic E-state index is 0.738. The van der Waals surface area contributed by atoms with Gasteiger partial charge in [-0.25, -0.2) is 0 Å². The first-order chi connectivity index (χ1) is 4.66.